The van der Waals surface area contributed by atoms with Crippen molar-refractivity contribution in [3.8, 4) is 5.75 Å². The number of rotatable bonds is 5. The molecule has 0 aliphatic carbocycles. The van der Waals surface area contributed by atoms with Gasteiger partial charge in [0.1, 0.15) is 5.75 Å². The number of ketones is 1. The third kappa shape index (κ3) is 4.26. The number of carbonyl (C=O) groups is 1. The zero-order valence-corrected chi connectivity index (χ0v) is 12.5. The maximum absolute atomic E-state index is 12.1. The highest BCUT2D eigenvalue weighted by molar-refractivity contribution is 6.30. The predicted molar refractivity (Wildman–Crippen MR) is 81.7 cm³/mol. The van der Waals surface area contributed by atoms with Crippen LogP contribution in [0.5, 0.6) is 5.75 Å². The van der Waals surface area contributed by atoms with Crippen LogP contribution in [0, 0.1) is 0 Å². The summed E-state index contributed by atoms with van der Waals surface area (Å²) < 4.78 is 5.59. The first kappa shape index (κ1) is 14.9. The second-order valence-electron chi connectivity index (χ2n) is 4.49. The second-order valence-corrected chi connectivity index (χ2v) is 5.36. The fourth-order valence-corrected chi connectivity index (χ4v) is 2.06. The Balaban J connectivity index is 1.96. The van der Waals surface area contributed by atoms with E-state index in [-0.39, 0.29) is 5.78 Å². The van der Waals surface area contributed by atoms with E-state index < -0.39 is 6.10 Å². The number of halogens is 2. The fourth-order valence-electron chi connectivity index (χ4n) is 1.76. The Morgan fingerprint density at radius 2 is 1.80 bits per heavy atom. The standard InChI is InChI=1S/C16H14Cl2O2/c1-11(20-15-4-2-3-14(18)10-15)16(19)9-12-5-7-13(17)8-6-12/h2-8,10-11H,9H2,1H3. The molecule has 2 nitrogen and oxygen atoms in total. The molecule has 2 aromatic carbocycles. The third-order valence-electron chi connectivity index (χ3n) is 2.85. The maximum atomic E-state index is 12.1. The van der Waals surface area contributed by atoms with Gasteiger partial charge in [-0.05, 0) is 42.8 Å². The average Bonchev–Trinajstić information content (AvgIpc) is 2.41. The van der Waals surface area contributed by atoms with Gasteiger partial charge in [-0.2, -0.15) is 0 Å². The van der Waals surface area contributed by atoms with E-state index in [1.54, 1.807) is 43.3 Å². The second kappa shape index (κ2) is 6.78. The summed E-state index contributed by atoms with van der Waals surface area (Å²) in [6, 6.07) is 14.2. The number of hydrogen-bond acceptors (Lipinski definition) is 2. The Morgan fingerprint density at radius 1 is 1.10 bits per heavy atom. The summed E-state index contributed by atoms with van der Waals surface area (Å²) in [5.41, 5.74) is 0.918. The van der Waals surface area contributed by atoms with Crippen LogP contribution in [-0.4, -0.2) is 11.9 Å². The molecule has 0 aliphatic heterocycles. The SMILES string of the molecule is CC(Oc1cccc(Cl)c1)C(=O)Cc1ccc(Cl)cc1. The predicted octanol–water partition coefficient (Wildman–Crippen LogP) is 4.57. The molecule has 2 rings (SSSR count). The van der Waals surface area contributed by atoms with E-state index in [1.165, 1.54) is 0 Å². The molecule has 0 bridgehead atoms. The van der Waals surface area contributed by atoms with E-state index in [4.69, 9.17) is 27.9 Å². The molecule has 1 atom stereocenters. The van der Waals surface area contributed by atoms with Crippen LogP contribution in [0.4, 0.5) is 0 Å². The summed E-state index contributed by atoms with van der Waals surface area (Å²) in [5.74, 6) is 0.599. The molecule has 0 radical (unpaired) electrons. The molecular weight excluding hydrogens is 295 g/mol. The van der Waals surface area contributed by atoms with Crippen LogP contribution < -0.4 is 4.74 Å². The summed E-state index contributed by atoms with van der Waals surface area (Å²) in [6.45, 7) is 1.74. The summed E-state index contributed by atoms with van der Waals surface area (Å²) in [7, 11) is 0. The maximum Gasteiger partial charge on any atom is 0.177 e. The molecule has 20 heavy (non-hydrogen) atoms. The normalized spacial score (nSPS) is 11.9. The zero-order valence-electron chi connectivity index (χ0n) is 11.0. The molecule has 4 heteroatoms. The van der Waals surface area contributed by atoms with Crippen molar-refractivity contribution in [2.24, 2.45) is 0 Å². The Labute approximate surface area is 128 Å². The minimum Gasteiger partial charge on any atom is -0.483 e. The van der Waals surface area contributed by atoms with Crippen molar-refractivity contribution < 1.29 is 9.53 Å². The summed E-state index contributed by atoms with van der Waals surface area (Å²) in [5, 5.41) is 1.24. The van der Waals surface area contributed by atoms with E-state index in [2.05, 4.69) is 0 Å². The van der Waals surface area contributed by atoms with Gasteiger partial charge >= 0.3 is 0 Å². The summed E-state index contributed by atoms with van der Waals surface area (Å²) in [6.07, 6.45) is -0.206. The van der Waals surface area contributed by atoms with Crippen molar-refractivity contribution in [1.82, 2.24) is 0 Å². The van der Waals surface area contributed by atoms with Crippen LogP contribution in [0.3, 0.4) is 0 Å². The van der Waals surface area contributed by atoms with Gasteiger partial charge in [-0.1, -0.05) is 41.4 Å². The quantitative estimate of drug-likeness (QED) is 0.808. The Kier molecular flexibility index (Phi) is 5.05. The Bertz CT molecular complexity index is 594. The fraction of sp³-hybridized carbons (Fsp3) is 0.188. The molecule has 0 fully saturated rings. The van der Waals surface area contributed by atoms with E-state index in [0.29, 0.717) is 22.2 Å². The van der Waals surface area contributed by atoms with Crippen molar-refractivity contribution in [3.63, 3.8) is 0 Å². The van der Waals surface area contributed by atoms with Gasteiger partial charge in [0.25, 0.3) is 0 Å². The van der Waals surface area contributed by atoms with E-state index in [0.717, 1.165) is 5.56 Å². The Hall–Kier alpha value is -1.51. The molecule has 2 aromatic rings. The highest BCUT2D eigenvalue weighted by Crippen LogP contribution is 2.19. The zero-order chi connectivity index (χ0) is 14.5. The van der Waals surface area contributed by atoms with Gasteiger partial charge in [0.05, 0.1) is 0 Å². The van der Waals surface area contributed by atoms with E-state index in [9.17, 15) is 4.79 Å². The van der Waals surface area contributed by atoms with Crippen molar-refractivity contribution >= 4 is 29.0 Å². The lowest BCUT2D eigenvalue weighted by atomic mass is 10.1. The molecule has 104 valence electrons. The van der Waals surface area contributed by atoms with Gasteiger partial charge < -0.3 is 4.74 Å². The van der Waals surface area contributed by atoms with Gasteiger partial charge in [-0.15, -0.1) is 0 Å². The van der Waals surface area contributed by atoms with E-state index >= 15 is 0 Å². The lowest BCUT2D eigenvalue weighted by molar-refractivity contribution is -0.124. The summed E-state index contributed by atoms with van der Waals surface area (Å²) in [4.78, 5) is 12.1. The van der Waals surface area contributed by atoms with Gasteiger partial charge in [0.15, 0.2) is 11.9 Å². The van der Waals surface area contributed by atoms with Crippen molar-refractivity contribution in [2.75, 3.05) is 0 Å². The first-order valence-corrected chi connectivity index (χ1v) is 6.99. The van der Waals surface area contributed by atoms with Crippen LogP contribution in [0.1, 0.15) is 12.5 Å². The first-order chi connectivity index (χ1) is 9.54. The molecule has 0 saturated carbocycles. The minimum atomic E-state index is -0.524. The minimum absolute atomic E-state index is 0.00676. The monoisotopic (exact) mass is 308 g/mol. The molecule has 0 spiro atoms. The number of Topliss-reactive ketones (excluding diaryl/α,β-unsaturated/α-hetero) is 1. The number of carbonyl (C=O) groups excluding carboxylic acids is 1. The van der Waals surface area contributed by atoms with Crippen molar-refractivity contribution in [3.05, 3.63) is 64.1 Å². The molecule has 0 aliphatic rings. The molecule has 0 N–H and O–H groups in total. The van der Waals surface area contributed by atoms with Gasteiger partial charge in [0, 0.05) is 16.5 Å². The lowest BCUT2D eigenvalue weighted by Crippen LogP contribution is -2.25. The Morgan fingerprint density at radius 3 is 2.45 bits per heavy atom. The van der Waals surface area contributed by atoms with Crippen LogP contribution >= 0.6 is 23.2 Å². The van der Waals surface area contributed by atoms with E-state index in [1.807, 2.05) is 12.1 Å². The van der Waals surface area contributed by atoms with Gasteiger partial charge in [-0.3, -0.25) is 4.79 Å². The lowest BCUT2D eigenvalue weighted by Gasteiger charge is -2.14. The smallest absolute Gasteiger partial charge is 0.177 e. The highest BCUT2D eigenvalue weighted by atomic mass is 35.5. The third-order valence-corrected chi connectivity index (χ3v) is 3.34. The number of benzene rings is 2. The summed E-state index contributed by atoms with van der Waals surface area (Å²) >= 11 is 11.7. The molecule has 0 aromatic heterocycles. The van der Waals surface area contributed by atoms with Crippen LogP contribution in [-0.2, 0) is 11.2 Å². The highest BCUT2D eigenvalue weighted by Gasteiger charge is 2.15. The molecule has 0 saturated heterocycles. The van der Waals surface area contributed by atoms with Crippen LogP contribution in [0.2, 0.25) is 10.0 Å². The number of hydrogen-bond donors (Lipinski definition) is 0. The van der Waals surface area contributed by atoms with Crippen molar-refractivity contribution in [2.45, 2.75) is 19.4 Å². The molecule has 0 heterocycles. The van der Waals surface area contributed by atoms with Gasteiger partial charge in [-0.25, -0.2) is 0 Å². The van der Waals surface area contributed by atoms with Crippen LogP contribution in [0.25, 0.3) is 0 Å². The van der Waals surface area contributed by atoms with Crippen LogP contribution in [0.15, 0.2) is 48.5 Å². The molecular formula is C16H14Cl2O2. The number of ether oxygens (including phenoxy) is 1. The molecule has 1 unspecified atom stereocenters. The first-order valence-electron chi connectivity index (χ1n) is 6.24. The topological polar surface area (TPSA) is 26.3 Å². The largest absolute Gasteiger partial charge is 0.483 e. The molecule has 0 amide bonds. The van der Waals surface area contributed by atoms with Gasteiger partial charge in [0.2, 0.25) is 0 Å². The average molecular weight is 309 g/mol. The van der Waals surface area contributed by atoms with Crippen molar-refractivity contribution in [1.29, 1.82) is 0 Å².